The van der Waals surface area contributed by atoms with Crippen molar-refractivity contribution >= 4 is 29.1 Å². The normalized spacial score (nSPS) is 20.1. The van der Waals surface area contributed by atoms with Crippen molar-refractivity contribution < 1.29 is 19.5 Å². The van der Waals surface area contributed by atoms with Gasteiger partial charge in [-0.05, 0) is 85.1 Å². The minimum Gasteiger partial charge on any atom is -0.481 e. The molecule has 8 nitrogen and oxygen atoms in total. The molecule has 3 aliphatic rings. The van der Waals surface area contributed by atoms with Gasteiger partial charge in [0.05, 0.1) is 10.8 Å². The molecule has 2 aromatic heterocycles. The molecule has 1 atom stereocenters. The van der Waals surface area contributed by atoms with Crippen LogP contribution >= 0.6 is 11.3 Å². The predicted molar refractivity (Wildman–Crippen MR) is 187 cm³/mol. The Balaban J connectivity index is 1.00. The number of amides is 2. The van der Waals surface area contributed by atoms with E-state index in [2.05, 4.69) is 46.5 Å². The van der Waals surface area contributed by atoms with Crippen LogP contribution in [0.1, 0.15) is 89.4 Å². The average molecular weight is 663 g/mol. The third-order valence-corrected chi connectivity index (χ3v) is 11.7. The number of hydrogen-bond donors (Lipinski definition) is 2. The van der Waals surface area contributed by atoms with Gasteiger partial charge in [0.1, 0.15) is 6.04 Å². The zero-order valence-electron chi connectivity index (χ0n) is 27.3. The Kier molecular flexibility index (Phi) is 9.39. The summed E-state index contributed by atoms with van der Waals surface area (Å²) in [5.41, 5.74) is 5.23. The maximum absolute atomic E-state index is 13.4. The molecule has 2 aromatic carbocycles. The van der Waals surface area contributed by atoms with E-state index in [4.69, 9.17) is 0 Å². The zero-order chi connectivity index (χ0) is 33.2. The number of aliphatic carboxylic acids is 1. The average Bonchev–Trinajstić information content (AvgIpc) is 3.83. The van der Waals surface area contributed by atoms with Gasteiger partial charge >= 0.3 is 5.97 Å². The van der Waals surface area contributed by atoms with Gasteiger partial charge in [-0.15, -0.1) is 11.3 Å². The Labute approximate surface area is 285 Å². The number of carbonyl (C=O) groups excluding carboxylic acids is 2. The van der Waals surface area contributed by atoms with Crippen molar-refractivity contribution in [3.8, 4) is 22.5 Å². The topological polar surface area (TPSA) is 112 Å². The Bertz CT molecular complexity index is 1750. The number of benzene rings is 2. The lowest BCUT2D eigenvalue weighted by Gasteiger charge is -2.38. The maximum atomic E-state index is 13.4. The zero-order valence-corrected chi connectivity index (χ0v) is 28.1. The number of rotatable bonds is 11. The second kappa shape index (κ2) is 14.0. The number of nitrogens with zero attached hydrogens (tertiary/aromatic N) is 3. The number of carbonyl (C=O) groups is 3. The van der Waals surface area contributed by atoms with Crippen LogP contribution in [0.25, 0.3) is 22.5 Å². The van der Waals surface area contributed by atoms with E-state index >= 15 is 0 Å². The summed E-state index contributed by atoms with van der Waals surface area (Å²) in [6.07, 6.45) is 12.8. The Morgan fingerprint density at radius 3 is 2.10 bits per heavy atom. The smallest absolute Gasteiger partial charge is 0.310 e. The van der Waals surface area contributed by atoms with E-state index in [1.807, 2.05) is 48.8 Å². The second-order valence-electron chi connectivity index (χ2n) is 13.7. The number of nitrogens with one attached hydrogen (secondary N) is 1. The fourth-order valence-electron chi connectivity index (χ4n) is 7.03. The minimum absolute atomic E-state index is 0.154. The first-order chi connectivity index (χ1) is 23.3. The number of thiophene rings is 1. The second-order valence-corrected chi connectivity index (χ2v) is 14.8. The fraction of sp³-hybridized carbons (Fsp3) is 0.410. The quantitative estimate of drug-likeness (QED) is 0.174. The van der Waals surface area contributed by atoms with Crippen molar-refractivity contribution in [1.29, 1.82) is 0 Å². The molecule has 0 spiro atoms. The molecule has 7 rings (SSSR count). The van der Waals surface area contributed by atoms with Gasteiger partial charge in [0.15, 0.2) is 5.82 Å². The summed E-state index contributed by atoms with van der Waals surface area (Å²) >= 11 is 1.48. The third-order valence-electron chi connectivity index (χ3n) is 10.4. The van der Waals surface area contributed by atoms with Crippen molar-refractivity contribution in [3.05, 3.63) is 93.9 Å². The largest absolute Gasteiger partial charge is 0.481 e. The standard InChI is InChI=1S/C39H42N4O4S/c1-2-24-3-7-26(8-4-24)27-11-13-28(14-12-27)31-20-40-36(41-21-31)30-9-5-25(6-10-30)19-33(38(45)43-22-32(23-43)39(46)47)42-37(44)35-18-17-34(48-35)29-15-16-29/h5-6,9-14,17-18,20-21,24,26,29,32-33H,2-4,7-8,15-16,19,22-23H2,1H3,(H,42,44)(H,46,47)/t24?,26?,33-/m0/s1. The van der Waals surface area contributed by atoms with Crippen molar-refractivity contribution in [1.82, 2.24) is 20.2 Å². The van der Waals surface area contributed by atoms with Crippen molar-refractivity contribution in [2.24, 2.45) is 11.8 Å². The number of aromatic nitrogens is 2. The van der Waals surface area contributed by atoms with Gasteiger partial charge in [-0.2, -0.15) is 0 Å². The highest BCUT2D eigenvalue weighted by molar-refractivity contribution is 7.14. The van der Waals surface area contributed by atoms with E-state index < -0.39 is 17.9 Å². The van der Waals surface area contributed by atoms with Gasteiger partial charge in [0.2, 0.25) is 5.91 Å². The minimum atomic E-state index is -0.908. The molecule has 0 bridgehead atoms. The van der Waals surface area contributed by atoms with Crippen molar-refractivity contribution in [2.75, 3.05) is 13.1 Å². The highest BCUT2D eigenvalue weighted by Gasteiger charge is 2.39. The highest BCUT2D eigenvalue weighted by Crippen LogP contribution is 2.43. The Morgan fingerprint density at radius 2 is 1.48 bits per heavy atom. The summed E-state index contributed by atoms with van der Waals surface area (Å²) in [4.78, 5) is 50.6. The highest BCUT2D eigenvalue weighted by atomic mass is 32.1. The molecule has 4 aromatic rings. The molecule has 2 aliphatic carbocycles. The molecule has 248 valence electrons. The van der Waals surface area contributed by atoms with Gasteiger partial charge in [-0.25, -0.2) is 9.97 Å². The lowest BCUT2D eigenvalue weighted by Crippen LogP contribution is -2.59. The molecule has 9 heteroatoms. The fourth-order valence-corrected chi connectivity index (χ4v) is 8.11. The van der Waals surface area contributed by atoms with Gasteiger partial charge in [0.25, 0.3) is 5.91 Å². The summed E-state index contributed by atoms with van der Waals surface area (Å²) in [6, 6.07) is 19.6. The monoisotopic (exact) mass is 662 g/mol. The van der Waals surface area contributed by atoms with Crippen LogP contribution in [0.15, 0.2) is 73.1 Å². The summed E-state index contributed by atoms with van der Waals surface area (Å²) in [5, 5.41) is 12.2. The van der Waals surface area contributed by atoms with Crippen LogP contribution in [0.3, 0.4) is 0 Å². The Hall–Kier alpha value is -4.37. The molecule has 0 radical (unpaired) electrons. The van der Waals surface area contributed by atoms with Crippen LogP contribution in [0.5, 0.6) is 0 Å². The summed E-state index contributed by atoms with van der Waals surface area (Å²) in [7, 11) is 0. The third kappa shape index (κ3) is 7.21. The van der Waals surface area contributed by atoms with Crippen LogP contribution < -0.4 is 5.32 Å². The van der Waals surface area contributed by atoms with Crippen LogP contribution in [0.2, 0.25) is 0 Å². The summed E-state index contributed by atoms with van der Waals surface area (Å²) < 4.78 is 0. The van der Waals surface area contributed by atoms with Crippen LogP contribution in [0, 0.1) is 11.8 Å². The number of carboxylic acid groups (broad SMARTS) is 1. The maximum Gasteiger partial charge on any atom is 0.310 e. The SMILES string of the molecule is CCC1CCC(c2ccc(-c3cnc(-c4ccc(C[C@H](NC(=O)c5ccc(C6CC6)s5)C(=O)N5CC(C(=O)O)C5)cc4)nc3)cc2)CC1. The van der Waals surface area contributed by atoms with Gasteiger partial charge in [-0.1, -0.05) is 61.9 Å². The molecular weight excluding hydrogens is 621 g/mol. The van der Waals surface area contributed by atoms with Crippen molar-refractivity contribution in [3.63, 3.8) is 0 Å². The molecular formula is C39H42N4O4S. The van der Waals surface area contributed by atoms with Gasteiger partial charge in [0, 0.05) is 47.9 Å². The molecule has 3 heterocycles. The van der Waals surface area contributed by atoms with Gasteiger partial charge < -0.3 is 15.3 Å². The first kappa shape index (κ1) is 32.2. The molecule has 2 saturated carbocycles. The van der Waals surface area contributed by atoms with E-state index in [9.17, 15) is 19.5 Å². The number of likely N-dealkylation sites (tertiary alicyclic amines) is 1. The van der Waals surface area contributed by atoms with Crippen LogP contribution in [0.4, 0.5) is 0 Å². The number of carboxylic acids is 1. The number of hydrogen-bond acceptors (Lipinski definition) is 6. The van der Waals surface area contributed by atoms with Crippen molar-refractivity contribution in [2.45, 2.75) is 76.2 Å². The molecule has 1 aliphatic heterocycles. The lowest BCUT2D eigenvalue weighted by molar-refractivity contribution is -0.153. The predicted octanol–water partition coefficient (Wildman–Crippen LogP) is 7.32. The van der Waals surface area contributed by atoms with Crippen LogP contribution in [-0.2, 0) is 16.0 Å². The summed E-state index contributed by atoms with van der Waals surface area (Å²) in [6.45, 7) is 2.61. The molecule has 48 heavy (non-hydrogen) atoms. The molecule has 1 saturated heterocycles. The lowest BCUT2D eigenvalue weighted by atomic mass is 9.78. The Morgan fingerprint density at radius 1 is 0.833 bits per heavy atom. The van der Waals surface area contributed by atoms with E-state index in [1.54, 1.807) is 0 Å². The molecule has 3 fully saturated rings. The van der Waals surface area contributed by atoms with Gasteiger partial charge in [-0.3, -0.25) is 14.4 Å². The van der Waals surface area contributed by atoms with Crippen LogP contribution in [-0.4, -0.2) is 56.9 Å². The summed E-state index contributed by atoms with van der Waals surface area (Å²) in [5.74, 6) is 0.697. The first-order valence-corrected chi connectivity index (χ1v) is 18.1. The van der Waals surface area contributed by atoms with E-state index in [0.29, 0.717) is 22.5 Å². The van der Waals surface area contributed by atoms with E-state index in [1.165, 1.54) is 58.8 Å². The van der Waals surface area contributed by atoms with E-state index in [0.717, 1.165) is 41.0 Å². The first-order valence-electron chi connectivity index (χ1n) is 17.3. The molecule has 2 amide bonds. The molecule has 0 unspecified atom stereocenters. The van der Waals surface area contributed by atoms with E-state index in [-0.39, 0.29) is 31.3 Å². The molecule has 2 N–H and O–H groups in total.